The molecule has 3 amide bonds. The molecule has 6 N–H and O–H groups in total. The second-order valence-electron chi connectivity index (χ2n) is 6.99. The monoisotopic (exact) mass is 433 g/mol. The summed E-state index contributed by atoms with van der Waals surface area (Å²) in [6.45, 7) is 1.75. The number of aryl methyl sites for hydroxylation is 1. The number of rotatable bonds is 15. The van der Waals surface area contributed by atoms with Crippen LogP contribution in [-0.4, -0.2) is 62.0 Å². The van der Waals surface area contributed by atoms with Crippen LogP contribution in [0.1, 0.15) is 31.2 Å². The summed E-state index contributed by atoms with van der Waals surface area (Å²) in [7, 11) is 0. The highest BCUT2D eigenvalue weighted by molar-refractivity contribution is 5.92. The van der Waals surface area contributed by atoms with Crippen LogP contribution in [0.15, 0.2) is 24.3 Å². The van der Waals surface area contributed by atoms with Gasteiger partial charge in [-0.05, 0) is 44.4 Å². The molecule has 1 aromatic rings. The summed E-state index contributed by atoms with van der Waals surface area (Å²) in [5.74, 6) is -1.49. The van der Waals surface area contributed by atoms with Crippen molar-refractivity contribution in [3.63, 3.8) is 0 Å². The number of nitrogens with one attached hydrogen (secondary N) is 4. The lowest BCUT2D eigenvalue weighted by molar-refractivity contribution is -0.130. The average Bonchev–Trinajstić information content (AvgIpc) is 2.76. The number of carbonyl (C=O) groups is 5. The standard InChI is InChI=1S/C21H31N5O5/c1-15-6-2-3-7-17(15)23-12-20(30)26-18(8-4-5-11-27)21(31)24-13-19(29)25-16(14-28)9-10-22/h2-3,6-7,11,14,16,18,23H,4-5,8-10,12-13,22H2,1H3,(H,24,31)(H,25,29)(H,26,30). The Balaban J connectivity index is 2.59. The van der Waals surface area contributed by atoms with E-state index in [0.717, 1.165) is 17.5 Å². The molecule has 0 aromatic heterocycles. The zero-order chi connectivity index (χ0) is 23.1. The molecule has 0 spiro atoms. The van der Waals surface area contributed by atoms with Crippen molar-refractivity contribution < 1.29 is 24.0 Å². The van der Waals surface area contributed by atoms with Gasteiger partial charge in [-0.2, -0.15) is 0 Å². The van der Waals surface area contributed by atoms with Crippen LogP contribution in [0.5, 0.6) is 0 Å². The number of anilines is 1. The highest BCUT2D eigenvalue weighted by atomic mass is 16.2. The van der Waals surface area contributed by atoms with Gasteiger partial charge in [0, 0.05) is 12.1 Å². The fraction of sp³-hybridized carbons (Fsp3) is 0.476. The molecule has 0 fully saturated rings. The van der Waals surface area contributed by atoms with Gasteiger partial charge in [0.2, 0.25) is 17.7 Å². The summed E-state index contributed by atoms with van der Waals surface area (Å²) in [5.41, 5.74) is 7.15. The van der Waals surface area contributed by atoms with Crippen LogP contribution < -0.4 is 27.0 Å². The molecule has 0 aliphatic rings. The third kappa shape index (κ3) is 10.4. The summed E-state index contributed by atoms with van der Waals surface area (Å²) < 4.78 is 0. The molecule has 0 saturated heterocycles. The first-order valence-corrected chi connectivity index (χ1v) is 10.2. The number of benzene rings is 1. The van der Waals surface area contributed by atoms with Crippen LogP contribution in [0.25, 0.3) is 0 Å². The summed E-state index contributed by atoms with van der Waals surface area (Å²) in [6, 6.07) is 5.86. The topological polar surface area (TPSA) is 159 Å². The van der Waals surface area contributed by atoms with E-state index in [2.05, 4.69) is 21.3 Å². The van der Waals surface area contributed by atoms with Gasteiger partial charge in [0.25, 0.3) is 0 Å². The number of amides is 3. The quantitative estimate of drug-likeness (QED) is 0.183. The molecular formula is C21H31N5O5. The van der Waals surface area contributed by atoms with Crippen molar-refractivity contribution in [1.29, 1.82) is 0 Å². The van der Waals surface area contributed by atoms with E-state index >= 15 is 0 Å². The van der Waals surface area contributed by atoms with Gasteiger partial charge in [-0.15, -0.1) is 0 Å². The first kappa shape index (κ1) is 25.8. The Bertz CT molecular complexity index is 755. The smallest absolute Gasteiger partial charge is 0.243 e. The molecule has 0 heterocycles. The van der Waals surface area contributed by atoms with Crippen molar-refractivity contribution in [1.82, 2.24) is 16.0 Å². The molecule has 0 saturated carbocycles. The van der Waals surface area contributed by atoms with E-state index in [-0.39, 0.29) is 32.5 Å². The number of aldehydes is 2. The average molecular weight is 434 g/mol. The Hall–Kier alpha value is -3.27. The van der Waals surface area contributed by atoms with Crippen LogP contribution in [0.2, 0.25) is 0 Å². The van der Waals surface area contributed by atoms with Gasteiger partial charge in [-0.25, -0.2) is 0 Å². The molecule has 1 aromatic carbocycles. The van der Waals surface area contributed by atoms with Crippen molar-refractivity contribution in [2.24, 2.45) is 5.73 Å². The number of hydrogen-bond acceptors (Lipinski definition) is 7. The number of para-hydroxylation sites is 1. The van der Waals surface area contributed by atoms with E-state index < -0.39 is 29.8 Å². The summed E-state index contributed by atoms with van der Waals surface area (Å²) in [6.07, 6.45) is 2.51. The second kappa shape index (κ2) is 14.7. The molecule has 31 heavy (non-hydrogen) atoms. The largest absolute Gasteiger partial charge is 0.376 e. The summed E-state index contributed by atoms with van der Waals surface area (Å²) >= 11 is 0. The maximum Gasteiger partial charge on any atom is 0.243 e. The molecule has 10 heteroatoms. The van der Waals surface area contributed by atoms with Crippen molar-refractivity contribution in [3.8, 4) is 0 Å². The van der Waals surface area contributed by atoms with E-state index in [4.69, 9.17) is 5.73 Å². The van der Waals surface area contributed by atoms with Crippen molar-refractivity contribution in [2.45, 2.75) is 44.7 Å². The Morgan fingerprint density at radius 3 is 2.39 bits per heavy atom. The van der Waals surface area contributed by atoms with Crippen molar-refractivity contribution in [2.75, 3.05) is 25.0 Å². The molecule has 2 atom stereocenters. The minimum Gasteiger partial charge on any atom is -0.376 e. The first-order chi connectivity index (χ1) is 14.9. The molecule has 2 unspecified atom stereocenters. The van der Waals surface area contributed by atoms with Gasteiger partial charge < -0.3 is 36.6 Å². The predicted octanol–water partition coefficient (Wildman–Crippen LogP) is -0.590. The fourth-order valence-corrected chi connectivity index (χ4v) is 2.77. The summed E-state index contributed by atoms with van der Waals surface area (Å²) in [4.78, 5) is 58.2. The first-order valence-electron chi connectivity index (χ1n) is 10.2. The molecule has 0 radical (unpaired) electrons. The van der Waals surface area contributed by atoms with Gasteiger partial charge in [-0.1, -0.05) is 18.2 Å². The zero-order valence-corrected chi connectivity index (χ0v) is 17.7. The molecular weight excluding hydrogens is 402 g/mol. The lowest BCUT2D eigenvalue weighted by Gasteiger charge is -2.19. The maximum atomic E-state index is 12.5. The SMILES string of the molecule is Cc1ccccc1NCC(=O)NC(CCCC=O)C(=O)NCC(=O)NC(C=O)CCN. The van der Waals surface area contributed by atoms with Crippen LogP contribution in [0, 0.1) is 6.92 Å². The van der Waals surface area contributed by atoms with Crippen LogP contribution >= 0.6 is 0 Å². The Morgan fingerprint density at radius 1 is 1.03 bits per heavy atom. The van der Waals surface area contributed by atoms with Gasteiger partial charge in [0.15, 0.2) is 0 Å². The van der Waals surface area contributed by atoms with Crippen LogP contribution in [0.3, 0.4) is 0 Å². The van der Waals surface area contributed by atoms with Gasteiger partial charge in [0.1, 0.15) is 18.6 Å². The van der Waals surface area contributed by atoms with E-state index in [1.807, 2.05) is 31.2 Å². The lowest BCUT2D eigenvalue weighted by Crippen LogP contribution is -2.51. The van der Waals surface area contributed by atoms with Gasteiger partial charge in [-0.3, -0.25) is 14.4 Å². The second-order valence-corrected chi connectivity index (χ2v) is 6.99. The molecule has 170 valence electrons. The van der Waals surface area contributed by atoms with Gasteiger partial charge >= 0.3 is 0 Å². The van der Waals surface area contributed by atoms with E-state index in [1.54, 1.807) is 0 Å². The van der Waals surface area contributed by atoms with Crippen LogP contribution in [0.4, 0.5) is 5.69 Å². The third-order valence-electron chi connectivity index (χ3n) is 4.46. The molecule has 0 aliphatic heterocycles. The van der Waals surface area contributed by atoms with Crippen molar-refractivity contribution >= 4 is 36.0 Å². The lowest BCUT2D eigenvalue weighted by atomic mass is 10.1. The minimum absolute atomic E-state index is 0.0388. The number of hydrogen-bond donors (Lipinski definition) is 5. The van der Waals surface area contributed by atoms with E-state index in [9.17, 15) is 24.0 Å². The Labute approximate surface area is 181 Å². The minimum atomic E-state index is -0.898. The van der Waals surface area contributed by atoms with Crippen LogP contribution in [-0.2, 0) is 24.0 Å². The third-order valence-corrected chi connectivity index (χ3v) is 4.46. The molecule has 0 bridgehead atoms. The normalized spacial score (nSPS) is 12.2. The number of carbonyl (C=O) groups excluding carboxylic acids is 5. The Kier molecular flexibility index (Phi) is 12.2. The molecule has 10 nitrogen and oxygen atoms in total. The summed E-state index contributed by atoms with van der Waals surface area (Å²) in [5, 5.41) is 10.5. The highest BCUT2D eigenvalue weighted by Gasteiger charge is 2.21. The number of unbranched alkanes of at least 4 members (excludes halogenated alkanes) is 1. The van der Waals surface area contributed by atoms with Crippen molar-refractivity contribution in [3.05, 3.63) is 29.8 Å². The van der Waals surface area contributed by atoms with E-state index in [0.29, 0.717) is 19.1 Å². The predicted molar refractivity (Wildman–Crippen MR) is 116 cm³/mol. The Morgan fingerprint density at radius 2 is 1.74 bits per heavy atom. The zero-order valence-electron chi connectivity index (χ0n) is 17.7. The molecule has 0 aliphatic carbocycles. The maximum absolute atomic E-state index is 12.5. The van der Waals surface area contributed by atoms with E-state index in [1.165, 1.54) is 0 Å². The highest BCUT2D eigenvalue weighted by Crippen LogP contribution is 2.12. The number of nitrogens with two attached hydrogens (primary N) is 1. The molecule has 1 rings (SSSR count). The van der Waals surface area contributed by atoms with Gasteiger partial charge in [0.05, 0.1) is 19.1 Å². The fourth-order valence-electron chi connectivity index (χ4n) is 2.77.